The van der Waals surface area contributed by atoms with Crippen LogP contribution in [0.15, 0.2) is 24.3 Å². The van der Waals surface area contributed by atoms with E-state index in [1.165, 1.54) is 0 Å². The van der Waals surface area contributed by atoms with Gasteiger partial charge in [-0.25, -0.2) is 0 Å². The van der Waals surface area contributed by atoms with Gasteiger partial charge in [-0.2, -0.15) is 0 Å². The first-order chi connectivity index (χ1) is 8.45. The molecule has 1 saturated heterocycles. The molecular weight excluding hydrogens is 228 g/mol. The van der Waals surface area contributed by atoms with Crippen molar-refractivity contribution >= 4 is 0 Å². The van der Waals surface area contributed by atoms with Crippen molar-refractivity contribution in [2.45, 2.75) is 50.7 Å². The molecule has 0 aliphatic carbocycles. The molecule has 1 aromatic carbocycles. The number of phenolic OH excluding ortho intramolecular Hbond substituents is 1. The van der Waals surface area contributed by atoms with Crippen LogP contribution < -0.4 is 0 Å². The van der Waals surface area contributed by atoms with Gasteiger partial charge < -0.3 is 14.9 Å². The molecule has 3 heteroatoms. The van der Waals surface area contributed by atoms with Gasteiger partial charge in [0.1, 0.15) is 5.75 Å². The number of benzene rings is 1. The number of hydrogen-bond donors (Lipinski definition) is 2. The Morgan fingerprint density at radius 1 is 1.39 bits per heavy atom. The van der Waals surface area contributed by atoms with E-state index in [0.29, 0.717) is 25.9 Å². The average molecular weight is 250 g/mol. The first-order valence-corrected chi connectivity index (χ1v) is 6.59. The third kappa shape index (κ3) is 3.03. The minimum atomic E-state index is -0.725. The molecule has 0 saturated carbocycles. The highest BCUT2D eigenvalue weighted by atomic mass is 16.5. The standard InChI is InChI=1S/C15H22O3/c1-3-14(2)11-15(17,7-8-18-14)10-12-5-4-6-13(16)9-12/h4-6,9,16-17H,3,7-8,10-11H2,1-2H3. The number of rotatable bonds is 3. The number of hydrogen-bond acceptors (Lipinski definition) is 3. The molecular formula is C15H22O3. The van der Waals surface area contributed by atoms with Crippen molar-refractivity contribution in [2.75, 3.05) is 6.61 Å². The van der Waals surface area contributed by atoms with E-state index in [9.17, 15) is 10.2 Å². The average Bonchev–Trinajstić information content (AvgIpc) is 2.28. The van der Waals surface area contributed by atoms with Crippen molar-refractivity contribution in [1.82, 2.24) is 0 Å². The summed E-state index contributed by atoms with van der Waals surface area (Å²) >= 11 is 0. The van der Waals surface area contributed by atoms with Crippen molar-refractivity contribution in [2.24, 2.45) is 0 Å². The summed E-state index contributed by atoms with van der Waals surface area (Å²) in [6.45, 7) is 4.74. The van der Waals surface area contributed by atoms with Crippen molar-refractivity contribution in [3.8, 4) is 5.75 Å². The van der Waals surface area contributed by atoms with Crippen LogP contribution in [0.25, 0.3) is 0 Å². The van der Waals surface area contributed by atoms with Crippen LogP contribution in [-0.4, -0.2) is 28.0 Å². The molecule has 2 atom stereocenters. The Morgan fingerprint density at radius 3 is 2.83 bits per heavy atom. The van der Waals surface area contributed by atoms with E-state index >= 15 is 0 Å². The van der Waals surface area contributed by atoms with E-state index in [-0.39, 0.29) is 11.4 Å². The minimum absolute atomic E-state index is 0.232. The van der Waals surface area contributed by atoms with Crippen LogP contribution in [0, 0.1) is 0 Å². The Labute approximate surface area is 108 Å². The maximum atomic E-state index is 10.7. The Bertz CT molecular complexity index is 418. The van der Waals surface area contributed by atoms with E-state index in [4.69, 9.17) is 4.74 Å². The van der Waals surface area contributed by atoms with Crippen LogP contribution in [0.2, 0.25) is 0 Å². The van der Waals surface area contributed by atoms with Crippen molar-refractivity contribution < 1.29 is 14.9 Å². The highest BCUT2D eigenvalue weighted by Gasteiger charge is 2.40. The minimum Gasteiger partial charge on any atom is -0.508 e. The van der Waals surface area contributed by atoms with E-state index in [0.717, 1.165) is 12.0 Å². The summed E-state index contributed by atoms with van der Waals surface area (Å²) in [5.74, 6) is 0.251. The Morgan fingerprint density at radius 2 is 2.17 bits per heavy atom. The smallest absolute Gasteiger partial charge is 0.115 e. The van der Waals surface area contributed by atoms with Crippen molar-refractivity contribution in [3.63, 3.8) is 0 Å². The summed E-state index contributed by atoms with van der Waals surface area (Å²) in [6.07, 6.45) is 2.76. The Balaban J connectivity index is 2.12. The van der Waals surface area contributed by atoms with Crippen LogP contribution in [0.1, 0.15) is 38.7 Å². The molecule has 0 radical (unpaired) electrons. The lowest BCUT2D eigenvalue weighted by Crippen LogP contribution is -2.48. The van der Waals surface area contributed by atoms with Gasteiger partial charge in [0.15, 0.2) is 0 Å². The highest BCUT2D eigenvalue weighted by Crippen LogP contribution is 2.36. The predicted molar refractivity (Wildman–Crippen MR) is 70.6 cm³/mol. The van der Waals surface area contributed by atoms with E-state index in [2.05, 4.69) is 13.8 Å². The third-order valence-corrected chi connectivity index (χ3v) is 3.91. The van der Waals surface area contributed by atoms with Crippen LogP contribution >= 0.6 is 0 Å². The molecule has 0 amide bonds. The van der Waals surface area contributed by atoms with Gasteiger partial charge >= 0.3 is 0 Å². The number of aliphatic hydroxyl groups is 1. The normalized spacial score (nSPS) is 32.4. The molecule has 2 N–H and O–H groups in total. The van der Waals surface area contributed by atoms with Gasteiger partial charge in [0.05, 0.1) is 17.8 Å². The van der Waals surface area contributed by atoms with Gasteiger partial charge in [-0.15, -0.1) is 0 Å². The zero-order valence-corrected chi connectivity index (χ0v) is 11.1. The van der Waals surface area contributed by atoms with Crippen LogP contribution in [-0.2, 0) is 11.2 Å². The van der Waals surface area contributed by atoms with Gasteiger partial charge in [0.25, 0.3) is 0 Å². The molecule has 1 aliphatic heterocycles. The zero-order valence-electron chi connectivity index (χ0n) is 11.1. The first-order valence-electron chi connectivity index (χ1n) is 6.59. The largest absolute Gasteiger partial charge is 0.508 e. The Hall–Kier alpha value is -1.06. The molecule has 3 nitrogen and oxygen atoms in total. The molecule has 0 spiro atoms. The summed E-state index contributed by atoms with van der Waals surface area (Å²) in [4.78, 5) is 0. The van der Waals surface area contributed by atoms with Gasteiger partial charge in [-0.1, -0.05) is 19.1 Å². The summed E-state index contributed by atoms with van der Waals surface area (Å²) in [7, 11) is 0. The summed E-state index contributed by atoms with van der Waals surface area (Å²) in [5.41, 5.74) is 0.0125. The van der Waals surface area contributed by atoms with Crippen LogP contribution in [0.5, 0.6) is 5.75 Å². The monoisotopic (exact) mass is 250 g/mol. The second-order valence-corrected chi connectivity index (χ2v) is 5.65. The number of ether oxygens (including phenoxy) is 1. The molecule has 18 heavy (non-hydrogen) atoms. The molecule has 1 heterocycles. The number of aromatic hydroxyl groups is 1. The maximum Gasteiger partial charge on any atom is 0.115 e. The lowest BCUT2D eigenvalue weighted by molar-refractivity contribution is -0.152. The van der Waals surface area contributed by atoms with Gasteiger partial charge in [-0.05, 0) is 37.5 Å². The van der Waals surface area contributed by atoms with Crippen molar-refractivity contribution in [3.05, 3.63) is 29.8 Å². The molecule has 1 aliphatic rings. The van der Waals surface area contributed by atoms with Crippen LogP contribution in [0.3, 0.4) is 0 Å². The maximum absolute atomic E-state index is 10.7. The fourth-order valence-corrected chi connectivity index (χ4v) is 2.75. The fraction of sp³-hybridized carbons (Fsp3) is 0.600. The summed E-state index contributed by atoms with van der Waals surface area (Å²) in [6, 6.07) is 7.12. The Kier molecular flexibility index (Phi) is 3.64. The molecule has 2 rings (SSSR count). The van der Waals surface area contributed by atoms with E-state index < -0.39 is 5.60 Å². The number of phenols is 1. The highest BCUT2D eigenvalue weighted by molar-refractivity contribution is 5.28. The zero-order chi connectivity index (χ0) is 13.2. The SMILES string of the molecule is CCC1(C)CC(O)(Cc2cccc(O)c2)CCO1. The second-order valence-electron chi connectivity index (χ2n) is 5.65. The lowest BCUT2D eigenvalue weighted by Gasteiger charge is -2.43. The van der Waals surface area contributed by atoms with Crippen LogP contribution in [0.4, 0.5) is 0 Å². The molecule has 1 fully saturated rings. The third-order valence-electron chi connectivity index (χ3n) is 3.91. The lowest BCUT2D eigenvalue weighted by atomic mass is 9.78. The van der Waals surface area contributed by atoms with Gasteiger partial charge in [0, 0.05) is 12.8 Å². The molecule has 0 aromatic heterocycles. The molecule has 1 aromatic rings. The molecule has 100 valence electrons. The summed E-state index contributed by atoms with van der Waals surface area (Å²) in [5, 5.41) is 20.2. The molecule has 0 bridgehead atoms. The van der Waals surface area contributed by atoms with E-state index in [1.807, 2.05) is 12.1 Å². The topological polar surface area (TPSA) is 49.7 Å². The molecule has 2 unspecified atom stereocenters. The van der Waals surface area contributed by atoms with E-state index in [1.54, 1.807) is 12.1 Å². The van der Waals surface area contributed by atoms with Crippen molar-refractivity contribution in [1.29, 1.82) is 0 Å². The quantitative estimate of drug-likeness (QED) is 0.867. The first kappa shape index (κ1) is 13.4. The van der Waals surface area contributed by atoms with Gasteiger partial charge in [0.2, 0.25) is 0 Å². The summed E-state index contributed by atoms with van der Waals surface area (Å²) < 4.78 is 5.76. The fourth-order valence-electron chi connectivity index (χ4n) is 2.75. The second kappa shape index (κ2) is 4.90. The predicted octanol–water partition coefficient (Wildman–Crippen LogP) is 2.64. The van der Waals surface area contributed by atoms with Gasteiger partial charge in [-0.3, -0.25) is 0 Å².